The van der Waals surface area contributed by atoms with Crippen LogP contribution in [0.25, 0.3) is 0 Å². The lowest BCUT2D eigenvalue weighted by molar-refractivity contribution is -0.160. The Hall–Kier alpha value is -2.48. The number of carboxylic acid groups (broad SMARTS) is 1. The summed E-state index contributed by atoms with van der Waals surface area (Å²) in [5.74, 6) is -2.68. The third-order valence-electron chi connectivity index (χ3n) is 4.62. The summed E-state index contributed by atoms with van der Waals surface area (Å²) in [4.78, 5) is 39.1. The minimum atomic E-state index is -1.12. The summed E-state index contributed by atoms with van der Waals surface area (Å²) < 4.78 is 18.6. The summed E-state index contributed by atoms with van der Waals surface area (Å²) in [6, 6.07) is 3.32. The predicted octanol–water partition coefficient (Wildman–Crippen LogP) is 0.799. The van der Waals surface area contributed by atoms with Crippen LogP contribution in [0.5, 0.6) is 0 Å². The van der Waals surface area contributed by atoms with Crippen LogP contribution in [-0.4, -0.2) is 60.1 Å². The van der Waals surface area contributed by atoms with Crippen molar-refractivity contribution in [2.24, 2.45) is 5.92 Å². The second kappa shape index (κ2) is 6.79. The van der Waals surface area contributed by atoms with Gasteiger partial charge in [-0.1, -0.05) is 0 Å². The zero-order chi connectivity index (χ0) is 18.1. The largest absolute Gasteiger partial charge is 0.480 e. The maximum atomic E-state index is 13.4. The van der Waals surface area contributed by atoms with Crippen molar-refractivity contribution in [2.75, 3.05) is 31.2 Å². The van der Waals surface area contributed by atoms with Gasteiger partial charge in [0.2, 0.25) is 11.8 Å². The first-order valence-electron chi connectivity index (χ1n) is 8.06. The Labute approximate surface area is 144 Å². The molecule has 2 aliphatic rings. The van der Waals surface area contributed by atoms with Gasteiger partial charge in [-0.25, -0.2) is 9.18 Å². The van der Waals surface area contributed by atoms with E-state index in [1.807, 2.05) is 0 Å². The third kappa shape index (κ3) is 3.34. The molecular formula is C17H19FN2O5. The van der Waals surface area contributed by atoms with E-state index in [-0.39, 0.29) is 50.4 Å². The van der Waals surface area contributed by atoms with Gasteiger partial charge in [0.1, 0.15) is 5.82 Å². The van der Waals surface area contributed by atoms with Crippen LogP contribution in [0.1, 0.15) is 12.0 Å². The van der Waals surface area contributed by atoms with Crippen LogP contribution in [0.3, 0.4) is 0 Å². The number of benzene rings is 1. The zero-order valence-electron chi connectivity index (χ0n) is 13.8. The van der Waals surface area contributed by atoms with E-state index in [9.17, 15) is 23.9 Å². The summed E-state index contributed by atoms with van der Waals surface area (Å²) in [5.41, 5.74) is 0.954. The number of carboxylic acids is 1. The zero-order valence-corrected chi connectivity index (χ0v) is 13.8. The lowest BCUT2D eigenvalue weighted by Crippen LogP contribution is -2.54. The van der Waals surface area contributed by atoms with E-state index in [1.54, 1.807) is 13.0 Å². The van der Waals surface area contributed by atoms with Crippen LogP contribution in [-0.2, 0) is 19.1 Å². The van der Waals surface area contributed by atoms with E-state index in [0.717, 1.165) is 0 Å². The second-order valence-corrected chi connectivity index (χ2v) is 6.30. The molecule has 134 valence electrons. The standard InChI is InChI=1S/C17H19FN2O5/c1-10-6-12(2-3-13(10)18)20-8-11(7-15(20)21)16(22)19-4-5-25-9-14(19)17(23)24/h2-3,6,11,14H,4-5,7-9H2,1H3,(H,23,24). The molecular weight excluding hydrogens is 331 g/mol. The maximum absolute atomic E-state index is 13.4. The molecule has 2 saturated heterocycles. The van der Waals surface area contributed by atoms with E-state index in [4.69, 9.17) is 4.74 Å². The molecule has 3 rings (SSSR count). The summed E-state index contributed by atoms with van der Waals surface area (Å²) in [5, 5.41) is 9.25. The van der Waals surface area contributed by atoms with Gasteiger partial charge in [0.15, 0.2) is 6.04 Å². The van der Waals surface area contributed by atoms with Gasteiger partial charge >= 0.3 is 5.97 Å². The summed E-state index contributed by atoms with van der Waals surface area (Å²) in [7, 11) is 0. The van der Waals surface area contributed by atoms with Gasteiger partial charge in [-0.3, -0.25) is 9.59 Å². The van der Waals surface area contributed by atoms with Gasteiger partial charge in [-0.15, -0.1) is 0 Å². The van der Waals surface area contributed by atoms with Gasteiger partial charge in [0, 0.05) is 25.2 Å². The summed E-state index contributed by atoms with van der Waals surface area (Å²) in [6.07, 6.45) is 0.0129. The van der Waals surface area contributed by atoms with E-state index < -0.39 is 17.9 Å². The number of carbonyl (C=O) groups is 3. The van der Waals surface area contributed by atoms with Gasteiger partial charge in [-0.05, 0) is 30.7 Å². The van der Waals surface area contributed by atoms with Crippen molar-refractivity contribution in [3.05, 3.63) is 29.6 Å². The fourth-order valence-corrected chi connectivity index (χ4v) is 3.23. The maximum Gasteiger partial charge on any atom is 0.328 e. The molecule has 25 heavy (non-hydrogen) atoms. The highest BCUT2D eigenvalue weighted by Crippen LogP contribution is 2.28. The molecule has 0 spiro atoms. The molecule has 1 aromatic rings. The first kappa shape index (κ1) is 17.3. The van der Waals surface area contributed by atoms with Crippen molar-refractivity contribution in [2.45, 2.75) is 19.4 Å². The number of nitrogens with zero attached hydrogens (tertiary/aromatic N) is 2. The summed E-state index contributed by atoms with van der Waals surface area (Å²) in [6.45, 7) is 2.18. The highest BCUT2D eigenvalue weighted by Gasteiger charge is 2.41. The minimum absolute atomic E-state index is 0.0129. The fraction of sp³-hybridized carbons (Fsp3) is 0.471. The molecule has 2 fully saturated rings. The predicted molar refractivity (Wildman–Crippen MR) is 85.6 cm³/mol. The smallest absolute Gasteiger partial charge is 0.328 e. The molecule has 0 saturated carbocycles. The Kier molecular flexibility index (Phi) is 4.71. The SMILES string of the molecule is Cc1cc(N2CC(C(=O)N3CCOCC3C(=O)O)CC2=O)ccc1F. The van der Waals surface area contributed by atoms with Gasteiger partial charge in [0.25, 0.3) is 0 Å². The average Bonchev–Trinajstić information content (AvgIpc) is 2.98. The van der Waals surface area contributed by atoms with Crippen molar-refractivity contribution < 1.29 is 28.6 Å². The number of hydrogen-bond donors (Lipinski definition) is 1. The molecule has 8 heteroatoms. The molecule has 7 nitrogen and oxygen atoms in total. The van der Waals surface area contributed by atoms with E-state index >= 15 is 0 Å². The Morgan fingerprint density at radius 3 is 2.80 bits per heavy atom. The lowest BCUT2D eigenvalue weighted by Gasteiger charge is -2.34. The molecule has 0 aromatic heterocycles. The molecule has 2 amide bonds. The molecule has 2 atom stereocenters. The van der Waals surface area contributed by atoms with Crippen molar-refractivity contribution in [3.63, 3.8) is 0 Å². The first-order valence-corrected chi connectivity index (χ1v) is 8.06. The minimum Gasteiger partial charge on any atom is -0.480 e. The molecule has 2 aliphatic heterocycles. The third-order valence-corrected chi connectivity index (χ3v) is 4.62. The Morgan fingerprint density at radius 1 is 1.36 bits per heavy atom. The van der Waals surface area contributed by atoms with Crippen LogP contribution in [0.15, 0.2) is 18.2 Å². The number of rotatable bonds is 3. The number of aryl methyl sites for hydroxylation is 1. The molecule has 2 heterocycles. The quantitative estimate of drug-likeness (QED) is 0.871. The van der Waals surface area contributed by atoms with Crippen LogP contribution >= 0.6 is 0 Å². The molecule has 1 aromatic carbocycles. The second-order valence-electron chi connectivity index (χ2n) is 6.30. The fourth-order valence-electron chi connectivity index (χ4n) is 3.23. The van der Waals surface area contributed by atoms with Crippen LogP contribution in [0, 0.1) is 18.7 Å². The number of morpholine rings is 1. The molecule has 0 aliphatic carbocycles. The molecule has 0 bridgehead atoms. The van der Waals surface area contributed by atoms with Crippen molar-refractivity contribution in [3.8, 4) is 0 Å². The lowest BCUT2D eigenvalue weighted by atomic mass is 10.1. The Bertz CT molecular complexity index is 723. The molecule has 1 N–H and O–H groups in total. The molecule has 2 unspecified atom stereocenters. The average molecular weight is 350 g/mol. The number of anilines is 1. The highest BCUT2D eigenvalue weighted by atomic mass is 19.1. The number of hydrogen-bond acceptors (Lipinski definition) is 4. The summed E-state index contributed by atoms with van der Waals surface area (Å²) >= 11 is 0. The number of ether oxygens (including phenoxy) is 1. The number of halogens is 1. The van der Waals surface area contributed by atoms with Crippen LogP contribution in [0.2, 0.25) is 0 Å². The Morgan fingerprint density at radius 2 is 2.12 bits per heavy atom. The first-order chi connectivity index (χ1) is 11.9. The number of aliphatic carboxylic acids is 1. The van der Waals surface area contributed by atoms with Crippen LogP contribution in [0.4, 0.5) is 10.1 Å². The van der Waals surface area contributed by atoms with Crippen LogP contribution < -0.4 is 4.90 Å². The highest BCUT2D eigenvalue weighted by molar-refractivity contribution is 6.00. The monoisotopic (exact) mass is 350 g/mol. The van der Waals surface area contributed by atoms with E-state index in [1.165, 1.54) is 21.9 Å². The van der Waals surface area contributed by atoms with Gasteiger partial charge < -0.3 is 19.6 Å². The van der Waals surface area contributed by atoms with E-state index in [0.29, 0.717) is 11.3 Å². The Balaban J connectivity index is 1.76. The number of carbonyl (C=O) groups excluding carboxylic acids is 2. The van der Waals surface area contributed by atoms with Crippen molar-refractivity contribution in [1.82, 2.24) is 4.90 Å². The number of amides is 2. The van der Waals surface area contributed by atoms with E-state index in [2.05, 4.69) is 0 Å². The normalized spacial score (nSPS) is 23.8. The van der Waals surface area contributed by atoms with Gasteiger partial charge in [0.05, 0.1) is 19.1 Å². The van der Waals surface area contributed by atoms with Crippen molar-refractivity contribution in [1.29, 1.82) is 0 Å². The topological polar surface area (TPSA) is 87.2 Å². The molecule has 0 radical (unpaired) electrons. The van der Waals surface area contributed by atoms with Gasteiger partial charge in [-0.2, -0.15) is 0 Å². The van der Waals surface area contributed by atoms with Crippen molar-refractivity contribution >= 4 is 23.5 Å².